The van der Waals surface area contributed by atoms with Gasteiger partial charge in [0.1, 0.15) is 5.82 Å². The molecule has 0 N–H and O–H groups in total. The van der Waals surface area contributed by atoms with Crippen LogP contribution in [0.3, 0.4) is 0 Å². The molecule has 2 fully saturated rings. The smallest absolute Gasteiger partial charge is 0.128 e. The normalized spacial score (nSPS) is 19.2. The minimum Gasteiger partial charge on any atom is -0.354 e. The first kappa shape index (κ1) is 22.7. The number of anilines is 1. The van der Waals surface area contributed by atoms with Crippen LogP contribution in [0.5, 0.6) is 0 Å². The summed E-state index contributed by atoms with van der Waals surface area (Å²) in [6, 6.07) is 6.17. The average Bonchev–Trinajstić information content (AvgIpc) is 2.55. The van der Waals surface area contributed by atoms with E-state index in [0.29, 0.717) is 0 Å². The molecule has 3 rings (SSSR count). The van der Waals surface area contributed by atoms with Gasteiger partial charge in [-0.1, -0.05) is 12.5 Å². The number of halogens is 3. The van der Waals surface area contributed by atoms with E-state index in [0.717, 1.165) is 18.9 Å². The highest BCUT2D eigenvalue weighted by atomic mass is 35.5. The molecule has 0 unspecified atom stereocenters. The predicted octanol–water partition coefficient (Wildman–Crippen LogP) is 2.95. The maximum atomic E-state index is 4.45. The first-order valence-corrected chi connectivity index (χ1v) is 8.02. The van der Waals surface area contributed by atoms with Gasteiger partial charge in [-0.15, -0.1) is 37.2 Å². The van der Waals surface area contributed by atoms with Gasteiger partial charge in [0, 0.05) is 45.5 Å². The number of piperazine rings is 1. The van der Waals surface area contributed by atoms with E-state index in [4.69, 9.17) is 0 Å². The molecule has 134 valence electrons. The van der Waals surface area contributed by atoms with Crippen LogP contribution < -0.4 is 4.90 Å². The van der Waals surface area contributed by atoms with Crippen molar-refractivity contribution in [2.45, 2.75) is 19.3 Å². The molecular weight excluding hydrogens is 355 g/mol. The fraction of sp³-hybridized carbons (Fsp3) is 0.688. The molecule has 0 radical (unpaired) electrons. The Labute approximate surface area is 158 Å². The number of aromatic nitrogens is 1. The van der Waals surface area contributed by atoms with E-state index < -0.39 is 0 Å². The summed E-state index contributed by atoms with van der Waals surface area (Å²) in [5.41, 5.74) is 0. The molecule has 0 aromatic carbocycles. The lowest BCUT2D eigenvalue weighted by atomic mass is 10.1. The zero-order valence-corrected chi connectivity index (χ0v) is 16.1. The van der Waals surface area contributed by atoms with Crippen LogP contribution >= 0.6 is 37.2 Å². The van der Waals surface area contributed by atoms with Gasteiger partial charge in [0.2, 0.25) is 0 Å². The van der Waals surface area contributed by atoms with Gasteiger partial charge in [0.05, 0.1) is 0 Å². The zero-order valence-electron chi connectivity index (χ0n) is 13.6. The summed E-state index contributed by atoms with van der Waals surface area (Å²) in [7, 11) is 0. The van der Waals surface area contributed by atoms with Crippen molar-refractivity contribution in [2.75, 3.05) is 57.3 Å². The van der Waals surface area contributed by atoms with Crippen molar-refractivity contribution in [1.82, 2.24) is 14.8 Å². The Morgan fingerprint density at radius 3 is 1.91 bits per heavy atom. The quantitative estimate of drug-likeness (QED) is 0.797. The lowest BCUT2D eigenvalue weighted by Gasteiger charge is -2.36. The molecule has 0 aliphatic carbocycles. The second-order valence-corrected chi connectivity index (χ2v) is 5.92. The molecule has 1 aromatic rings. The Hall–Kier alpha value is -0.260. The molecule has 23 heavy (non-hydrogen) atoms. The summed E-state index contributed by atoms with van der Waals surface area (Å²) in [5.74, 6) is 1.13. The minimum absolute atomic E-state index is 0. The van der Waals surface area contributed by atoms with Crippen molar-refractivity contribution in [3.63, 3.8) is 0 Å². The number of piperidine rings is 1. The van der Waals surface area contributed by atoms with E-state index in [1.807, 2.05) is 12.3 Å². The first-order valence-electron chi connectivity index (χ1n) is 8.02. The van der Waals surface area contributed by atoms with Crippen molar-refractivity contribution in [3.05, 3.63) is 24.4 Å². The van der Waals surface area contributed by atoms with Gasteiger partial charge in [-0.2, -0.15) is 0 Å². The van der Waals surface area contributed by atoms with Crippen molar-refractivity contribution in [1.29, 1.82) is 0 Å². The van der Waals surface area contributed by atoms with Gasteiger partial charge >= 0.3 is 0 Å². The van der Waals surface area contributed by atoms with Gasteiger partial charge in [-0.05, 0) is 38.1 Å². The first-order chi connectivity index (χ1) is 9.92. The summed E-state index contributed by atoms with van der Waals surface area (Å²) < 4.78 is 0. The molecule has 3 heterocycles. The topological polar surface area (TPSA) is 22.6 Å². The largest absolute Gasteiger partial charge is 0.354 e. The molecule has 0 atom stereocenters. The fourth-order valence-electron chi connectivity index (χ4n) is 3.21. The van der Waals surface area contributed by atoms with E-state index in [-0.39, 0.29) is 37.2 Å². The van der Waals surface area contributed by atoms with Crippen LogP contribution in [-0.4, -0.2) is 67.1 Å². The highest BCUT2D eigenvalue weighted by Crippen LogP contribution is 2.13. The van der Waals surface area contributed by atoms with Gasteiger partial charge < -0.3 is 9.80 Å². The van der Waals surface area contributed by atoms with Crippen molar-refractivity contribution >= 4 is 43.0 Å². The Kier molecular flexibility index (Phi) is 12.0. The molecule has 7 heteroatoms. The summed E-state index contributed by atoms with van der Waals surface area (Å²) in [6.07, 6.45) is 6.11. The van der Waals surface area contributed by atoms with Crippen LogP contribution in [0.2, 0.25) is 0 Å². The SMILES string of the molecule is Cl.Cl.Cl.c1ccc(N2CCN(CCN3CCCCC3)CC2)nc1. The Balaban J connectivity index is 0.00000161. The van der Waals surface area contributed by atoms with Crippen LogP contribution in [0.4, 0.5) is 5.82 Å². The predicted molar refractivity (Wildman–Crippen MR) is 105 cm³/mol. The number of hydrogen-bond donors (Lipinski definition) is 0. The molecule has 0 amide bonds. The van der Waals surface area contributed by atoms with Gasteiger partial charge in [0.15, 0.2) is 0 Å². The second kappa shape index (κ2) is 12.2. The number of likely N-dealkylation sites (tertiary alicyclic amines) is 1. The molecule has 2 aliphatic heterocycles. The Morgan fingerprint density at radius 2 is 1.35 bits per heavy atom. The van der Waals surface area contributed by atoms with Crippen LogP contribution in [0.1, 0.15) is 19.3 Å². The lowest BCUT2D eigenvalue weighted by molar-refractivity contribution is 0.176. The van der Waals surface area contributed by atoms with Crippen LogP contribution in [-0.2, 0) is 0 Å². The van der Waals surface area contributed by atoms with Gasteiger partial charge in [-0.3, -0.25) is 4.90 Å². The minimum atomic E-state index is 0. The van der Waals surface area contributed by atoms with Crippen LogP contribution in [0.25, 0.3) is 0 Å². The van der Waals surface area contributed by atoms with E-state index >= 15 is 0 Å². The standard InChI is InChI=1S/C16H26N4.3ClH/c1-4-8-18(9-5-1)10-11-19-12-14-20(15-13-19)16-6-2-3-7-17-16;;;/h2-3,6-7H,1,4-5,8-15H2;3*1H. The summed E-state index contributed by atoms with van der Waals surface area (Å²) in [6.45, 7) is 9.67. The molecule has 0 bridgehead atoms. The molecule has 1 aromatic heterocycles. The van der Waals surface area contributed by atoms with Crippen LogP contribution in [0, 0.1) is 0 Å². The third kappa shape index (κ3) is 7.02. The van der Waals surface area contributed by atoms with Crippen molar-refractivity contribution < 1.29 is 0 Å². The monoisotopic (exact) mass is 382 g/mol. The molecule has 0 saturated carbocycles. The Morgan fingerprint density at radius 1 is 0.739 bits per heavy atom. The number of hydrogen-bond acceptors (Lipinski definition) is 4. The summed E-state index contributed by atoms with van der Waals surface area (Å²) in [5, 5.41) is 0. The third-order valence-electron chi connectivity index (χ3n) is 4.53. The molecule has 2 saturated heterocycles. The highest BCUT2D eigenvalue weighted by Gasteiger charge is 2.18. The second-order valence-electron chi connectivity index (χ2n) is 5.92. The van der Waals surface area contributed by atoms with Crippen LogP contribution in [0.15, 0.2) is 24.4 Å². The molecular formula is C16H29Cl3N4. The molecule has 4 nitrogen and oxygen atoms in total. The summed E-state index contributed by atoms with van der Waals surface area (Å²) >= 11 is 0. The fourth-order valence-corrected chi connectivity index (χ4v) is 3.21. The van der Waals surface area contributed by atoms with Crippen molar-refractivity contribution in [2.24, 2.45) is 0 Å². The van der Waals surface area contributed by atoms with E-state index in [1.54, 1.807) is 0 Å². The van der Waals surface area contributed by atoms with E-state index in [2.05, 4.69) is 31.8 Å². The lowest BCUT2D eigenvalue weighted by Crippen LogP contribution is -2.49. The van der Waals surface area contributed by atoms with E-state index in [9.17, 15) is 0 Å². The molecule has 2 aliphatic rings. The van der Waals surface area contributed by atoms with Crippen molar-refractivity contribution in [3.8, 4) is 0 Å². The number of nitrogens with zero attached hydrogens (tertiary/aromatic N) is 4. The highest BCUT2D eigenvalue weighted by molar-refractivity contribution is 5.86. The summed E-state index contributed by atoms with van der Waals surface area (Å²) in [4.78, 5) is 12.1. The third-order valence-corrected chi connectivity index (χ3v) is 4.53. The average molecular weight is 384 g/mol. The zero-order chi connectivity index (χ0) is 13.6. The maximum absolute atomic E-state index is 4.45. The van der Waals surface area contributed by atoms with E-state index in [1.165, 1.54) is 58.5 Å². The molecule has 0 spiro atoms. The maximum Gasteiger partial charge on any atom is 0.128 e. The number of pyridine rings is 1. The Bertz CT molecular complexity index is 394. The van der Waals surface area contributed by atoms with Gasteiger partial charge in [-0.25, -0.2) is 4.98 Å². The van der Waals surface area contributed by atoms with Gasteiger partial charge in [0.25, 0.3) is 0 Å². The number of rotatable bonds is 4.